The van der Waals surface area contributed by atoms with Gasteiger partial charge in [0.1, 0.15) is 6.54 Å². The Morgan fingerprint density at radius 2 is 2.00 bits per heavy atom. The molecule has 16 heavy (non-hydrogen) atoms. The molecular formula is C13H18N3+. The van der Waals surface area contributed by atoms with Crippen molar-refractivity contribution in [3.63, 3.8) is 0 Å². The van der Waals surface area contributed by atoms with Gasteiger partial charge in [-0.3, -0.25) is 0 Å². The first-order chi connectivity index (χ1) is 7.78. The zero-order valence-electron chi connectivity index (χ0n) is 9.93. The van der Waals surface area contributed by atoms with E-state index >= 15 is 0 Å². The summed E-state index contributed by atoms with van der Waals surface area (Å²) in [5.41, 5.74) is 2.61. The first-order valence-electron chi connectivity index (χ1n) is 5.75. The molecule has 0 aliphatic carbocycles. The van der Waals surface area contributed by atoms with Gasteiger partial charge >= 0.3 is 0 Å². The van der Waals surface area contributed by atoms with E-state index in [1.807, 2.05) is 11.0 Å². The summed E-state index contributed by atoms with van der Waals surface area (Å²) in [6.45, 7) is 6.15. The van der Waals surface area contributed by atoms with Crippen LogP contribution in [0.25, 0.3) is 0 Å². The summed E-state index contributed by atoms with van der Waals surface area (Å²) in [6.07, 6.45) is 5.06. The summed E-state index contributed by atoms with van der Waals surface area (Å²) >= 11 is 0. The minimum Gasteiger partial charge on any atom is -0.233 e. The number of aryl methyl sites for hydroxylation is 2. The van der Waals surface area contributed by atoms with Gasteiger partial charge in [-0.25, -0.2) is 4.57 Å². The molecule has 0 atom stereocenters. The van der Waals surface area contributed by atoms with Gasteiger partial charge in [-0.2, -0.15) is 0 Å². The van der Waals surface area contributed by atoms with Crippen LogP contribution in [-0.2, 0) is 13.1 Å². The molecule has 0 amide bonds. The first-order valence-corrected chi connectivity index (χ1v) is 5.75. The fraction of sp³-hybridized carbons (Fsp3) is 0.385. The van der Waals surface area contributed by atoms with Gasteiger partial charge in [0.25, 0.3) is 6.33 Å². The van der Waals surface area contributed by atoms with Crippen molar-refractivity contribution in [2.24, 2.45) is 0 Å². The largest absolute Gasteiger partial charge is 0.265 e. The number of hydrogen-bond donors (Lipinski definition) is 0. The fourth-order valence-corrected chi connectivity index (χ4v) is 1.69. The second-order valence-electron chi connectivity index (χ2n) is 4.17. The normalized spacial score (nSPS) is 10.6. The van der Waals surface area contributed by atoms with Crippen molar-refractivity contribution in [3.05, 3.63) is 48.0 Å². The summed E-state index contributed by atoms with van der Waals surface area (Å²) in [7, 11) is 0. The Morgan fingerprint density at radius 1 is 1.25 bits per heavy atom. The third-order valence-corrected chi connectivity index (χ3v) is 2.57. The molecule has 1 aromatic carbocycles. The second-order valence-corrected chi connectivity index (χ2v) is 4.17. The molecule has 0 N–H and O–H groups in total. The van der Waals surface area contributed by atoms with E-state index in [0.717, 1.165) is 19.5 Å². The highest BCUT2D eigenvalue weighted by Gasteiger charge is 2.04. The van der Waals surface area contributed by atoms with Crippen LogP contribution in [-0.4, -0.2) is 9.78 Å². The molecule has 0 radical (unpaired) electrons. The van der Waals surface area contributed by atoms with Gasteiger partial charge in [0, 0.05) is 5.10 Å². The quantitative estimate of drug-likeness (QED) is 0.716. The molecule has 84 valence electrons. The van der Waals surface area contributed by atoms with E-state index in [1.54, 1.807) is 0 Å². The Hall–Kier alpha value is -1.64. The highest BCUT2D eigenvalue weighted by Crippen LogP contribution is 2.02. The summed E-state index contributed by atoms with van der Waals surface area (Å²) in [5, 5.41) is 4.30. The fourth-order valence-electron chi connectivity index (χ4n) is 1.69. The minimum atomic E-state index is 0.893. The van der Waals surface area contributed by atoms with Crippen LogP contribution < -0.4 is 4.57 Å². The Balaban J connectivity index is 2.05. The van der Waals surface area contributed by atoms with E-state index in [4.69, 9.17) is 0 Å². The molecule has 0 aliphatic heterocycles. The van der Waals surface area contributed by atoms with Gasteiger partial charge in [-0.1, -0.05) is 36.8 Å². The summed E-state index contributed by atoms with van der Waals surface area (Å²) in [6, 6.07) is 8.62. The van der Waals surface area contributed by atoms with Crippen LogP contribution in [0.15, 0.2) is 36.9 Å². The maximum absolute atomic E-state index is 4.30. The van der Waals surface area contributed by atoms with Gasteiger partial charge in [0.2, 0.25) is 6.33 Å². The van der Waals surface area contributed by atoms with Gasteiger partial charge in [0.15, 0.2) is 0 Å². The Labute approximate surface area is 96.4 Å². The highest BCUT2D eigenvalue weighted by molar-refractivity contribution is 5.20. The smallest absolute Gasteiger partial charge is 0.233 e. The molecule has 0 saturated carbocycles. The van der Waals surface area contributed by atoms with Crippen LogP contribution in [0, 0.1) is 6.92 Å². The van der Waals surface area contributed by atoms with Gasteiger partial charge in [-0.05, 0) is 18.9 Å². The lowest BCUT2D eigenvalue weighted by molar-refractivity contribution is -0.689. The van der Waals surface area contributed by atoms with Crippen molar-refractivity contribution >= 4 is 0 Å². The van der Waals surface area contributed by atoms with Gasteiger partial charge in [-0.15, -0.1) is 4.68 Å². The van der Waals surface area contributed by atoms with Crippen molar-refractivity contribution in [1.82, 2.24) is 9.78 Å². The third kappa shape index (κ3) is 2.69. The van der Waals surface area contributed by atoms with Crippen molar-refractivity contribution in [1.29, 1.82) is 0 Å². The standard InChI is InChI=1S/C13H18N3/c1-3-8-16-11-15(10-14-16)9-13-6-4-12(2)5-7-13/h4-7,10-11H,3,8-9H2,1-2H3/q+1. The second kappa shape index (κ2) is 4.92. The average molecular weight is 216 g/mol. The van der Waals surface area contributed by atoms with Crippen LogP contribution in [0.5, 0.6) is 0 Å². The number of rotatable bonds is 4. The summed E-state index contributed by atoms with van der Waals surface area (Å²) in [4.78, 5) is 0. The Morgan fingerprint density at radius 3 is 2.69 bits per heavy atom. The Kier molecular flexibility index (Phi) is 3.34. The predicted octanol–water partition coefficient (Wildman–Crippen LogP) is 1.94. The molecule has 0 spiro atoms. The van der Waals surface area contributed by atoms with E-state index in [2.05, 4.69) is 54.1 Å². The molecule has 0 fully saturated rings. The van der Waals surface area contributed by atoms with Crippen LogP contribution in [0.3, 0.4) is 0 Å². The van der Waals surface area contributed by atoms with Gasteiger partial charge in [0.05, 0.1) is 6.54 Å². The molecule has 0 saturated heterocycles. The number of benzene rings is 1. The summed E-state index contributed by atoms with van der Waals surface area (Å²) < 4.78 is 4.09. The van der Waals surface area contributed by atoms with Crippen LogP contribution in [0.1, 0.15) is 24.5 Å². The van der Waals surface area contributed by atoms with Crippen molar-refractivity contribution in [2.45, 2.75) is 33.4 Å². The average Bonchev–Trinajstić information content (AvgIpc) is 2.70. The third-order valence-electron chi connectivity index (χ3n) is 2.57. The highest BCUT2D eigenvalue weighted by atomic mass is 15.3. The predicted molar refractivity (Wildman–Crippen MR) is 63.0 cm³/mol. The van der Waals surface area contributed by atoms with Crippen LogP contribution >= 0.6 is 0 Å². The first kappa shape index (κ1) is 10.9. The number of hydrogen-bond acceptors (Lipinski definition) is 1. The van der Waals surface area contributed by atoms with E-state index in [9.17, 15) is 0 Å². The van der Waals surface area contributed by atoms with Crippen LogP contribution in [0.4, 0.5) is 0 Å². The molecule has 3 nitrogen and oxygen atoms in total. The maximum atomic E-state index is 4.30. The molecule has 2 rings (SSSR count). The summed E-state index contributed by atoms with van der Waals surface area (Å²) in [5.74, 6) is 0. The number of nitrogens with zero attached hydrogens (tertiary/aromatic N) is 3. The van der Waals surface area contributed by atoms with Gasteiger partial charge < -0.3 is 0 Å². The lowest BCUT2D eigenvalue weighted by Crippen LogP contribution is -2.31. The SMILES string of the molecule is CCCn1c[n+](Cc2ccc(C)cc2)cn1. The molecular weight excluding hydrogens is 198 g/mol. The minimum absolute atomic E-state index is 0.893. The van der Waals surface area contributed by atoms with E-state index in [-0.39, 0.29) is 0 Å². The van der Waals surface area contributed by atoms with E-state index < -0.39 is 0 Å². The zero-order chi connectivity index (χ0) is 11.4. The zero-order valence-corrected chi connectivity index (χ0v) is 9.93. The lowest BCUT2D eigenvalue weighted by atomic mass is 10.1. The van der Waals surface area contributed by atoms with E-state index in [0.29, 0.717) is 0 Å². The monoisotopic (exact) mass is 216 g/mol. The van der Waals surface area contributed by atoms with Crippen LogP contribution in [0.2, 0.25) is 0 Å². The number of aromatic nitrogens is 3. The van der Waals surface area contributed by atoms with Crippen molar-refractivity contribution < 1.29 is 4.57 Å². The maximum Gasteiger partial charge on any atom is 0.265 e. The van der Waals surface area contributed by atoms with E-state index in [1.165, 1.54) is 11.1 Å². The molecule has 0 bridgehead atoms. The lowest BCUT2D eigenvalue weighted by Gasteiger charge is -1.98. The topological polar surface area (TPSA) is 21.7 Å². The molecule has 2 aromatic rings. The molecule has 1 aromatic heterocycles. The van der Waals surface area contributed by atoms with Crippen molar-refractivity contribution in [2.75, 3.05) is 0 Å². The molecule has 0 aliphatic rings. The molecule has 3 heteroatoms. The molecule has 1 heterocycles. The van der Waals surface area contributed by atoms with Crippen molar-refractivity contribution in [3.8, 4) is 0 Å². The Bertz CT molecular complexity index is 442. The molecule has 0 unspecified atom stereocenters.